The summed E-state index contributed by atoms with van der Waals surface area (Å²) in [5.74, 6) is -1.47. The molecule has 0 spiro atoms. The molecule has 41 heavy (non-hydrogen) atoms. The van der Waals surface area contributed by atoms with Crippen molar-refractivity contribution in [2.45, 2.75) is 81.9 Å². The van der Waals surface area contributed by atoms with Crippen LogP contribution in [0.25, 0.3) is 10.8 Å². The largest absolute Gasteiger partial charge is 0.472 e. The number of hydrogen-bond acceptors (Lipinski definition) is 8. The van der Waals surface area contributed by atoms with Crippen molar-refractivity contribution >= 4 is 38.7 Å². The SMILES string of the molecule is C=C[C@@H]1C[C@]1(NC(=O)C1C[C@@H](Oc2nccc3ccc(C)cc23)CN1C(=O)OC(C)(C)C)C(=O)NS(=O)(=O)C1CC1. The average molecular weight is 585 g/mol. The van der Waals surface area contributed by atoms with E-state index >= 15 is 0 Å². The van der Waals surface area contributed by atoms with Crippen molar-refractivity contribution in [2.24, 2.45) is 5.92 Å². The van der Waals surface area contributed by atoms with Crippen molar-refractivity contribution in [3.05, 3.63) is 48.7 Å². The third-order valence-corrected chi connectivity index (χ3v) is 9.42. The number of amides is 3. The third kappa shape index (κ3) is 6.02. The van der Waals surface area contributed by atoms with Gasteiger partial charge in [0.05, 0.1) is 11.8 Å². The van der Waals surface area contributed by atoms with Gasteiger partial charge < -0.3 is 14.8 Å². The number of sulfonamides is 1. The fourth-order valence-electron chi connectivity index (χ4n) is 5.18. The highest BCUT2D eigenvalue weighted by Gasteiger charge is 2.62. The Morgan fingerprint density at radius 3 is 2.56 bits per heavy atom. The van der Waals surface area contributed by atoms with Crippen LogP contribution in [0.15, 0.2) is 43.1 Å². The van der Waals surface area contributed by atoms with Gasteiger partial charge in [-0.3, -0.25) is 19.2 Å². The first-order valence-electron chi connectivity index (χ1n) is 13.7. The summed E-state index contributed by atoms with van der Waals surface area (Å²) in [6.45, 7) is 10.9. The molecule has 1 aromatic heterocycles. The van der Waals surface area contributed by atoms with E-state index < -0.39 is 62.4 Å². The second kappa shape index (κ2) is 10.3. The van der Waals surface area contributed by atoms with Crippen molar-refractivity contribution < 1.29 is 32.3 Å². The van der Waals surface area contributed by atoms with Crippen LogP contribution in [0.3, 0.4) is 0 Å². The van der Waals surface area contributed by atoms with Crippen molar-refractivity contribution in [3.63, 3.8) is 0 Å². The lowest BCUT2D eigenvalue weighted by Gasteiger charge is -2.29. The van der Waals surface area contributed by atoms with Gasteiger partial charge in [-0.05, 0) is 64.5 Å². The van der Waals surface area contributed by atoms with E-state index in [4.69, 9.17) is 9.47 Å². The van der Waals surface area contributed by atoms with E-state index in [2.05, 4.69) is 21.6 Å². The number of aryl methyl sites for hydroxylation is 1. The van der Waals surface area contributed by atoms with E-state index in [1.807, 2.05) is 31.2 Å². The molecular formula is C29H36N4O7S. The molecule has 0 bridgehead atoms. The van der Waals surface area contributed by atoms with E-state index in [0.717, 1.165) is 16.3 Å². The standard InChI is InChI=1S/C29H36N4O7S/c1-6-19-15-29(19,26(35)32-41(37,38)21-9-10-21)31-24(34)23-14-20(16-33(23)27(36)40-28(3,4)5)39-25-22-13-17(2)7-8-18(22)11-12-30-25/h6-8,11-13,19-21,23H,1,9-10,14-16H2,2-5H3,(H,31,34)(H,32,35)/t19-,20-,23?,29-/m1/s1. The number of rotatable bonds is 8. The van der Waals surface area contributed by atoms with Gasteiger partial charge in [0.2, 0.25) is 21.8 Å². The second-order valence-corrected chi connectivity index (χ2v) is 14.1. The lowest BCUT2D eigenvalue weighted by atomic mass is 10.1. The summed E-state index contributed by atoms with van der Waals surface area (Å²) in [6.07, 6.45) is 3.17. The van der Waals surface area contributed by atoms with E-state index in [-0.39, 0.29) is 19.4 Å². The number of nitrogens with zero attached hydrogens (tertiary/aromatic N) is 2. The molecule has 1 aliphatic heterocycles. The molecule has 11 nitrogen and oxygen atoms in total. The molecule has 4 atom stereocenters. The van der Waals surface area contributed by atoms with Crippen LogP contribution in [-0.2, 0) is 24.3 Å². The normalized spacial score (nSPS) is 25.9. The zero-order valence-corrected chi connectivity index (χ0v) is 24.5. The van der Waals surface area contributed by atoms with Crippen molar-refractivity contribution in [3.8, 4) is 5.88 Å². The number of fused-ring (bicyclic) bond motifs is 1. The number of carbonyl (C=O) groups is 3. The Morgan fingerprint density at radius 1 is 1.20 bits per heavy atom. The first kappa shape index (κ1) is 28.8. The van der Waals surface area contributed by atoms with Gasteiger partial charge in [-0.1, -0.05) is 23.8 Å². The van der Waals surface area contributed by atoms with Crippen LogP contribution in [0.5, 0.6) is 5.88 Å². The minimum absolute atomic E-state index is 0.0526. The highest BCUT2D eigenvalue weighted by Crippen LogP contribution is 2.45. The van der Waals surface area contributed by atoms with Gasteiger partial charge >= 0.3 is 6.09 Å². The number of aromatic nitrogens is 1. The number of likely N-dealkylation sites (tertiary alicyclic amines) is 1. The van der Waals surface area contributed by atoms with Crippen LogP contribution < -0.4 is 14.8 Å². The zero-order valence-electron chi connectivity index (χ0n) is 23.7. The summed E-state index contributed by atoms with van der Waals surface area (Å²) in [4.78, 5) is 45.8. The molecule has 1 aromatic carbocycles. The number of ether oxygens (including phenoxy) is 2. The molecule has 5 rings (SSSR count). The highest BCUT2D eigenvalue weighted by molar-refractivity contribution is 7.91. The third-order valence-electron chi connectivity index (χ3n) is 7.61. The number of hydrogen-bond donors (Lipinski definition) is 2. The molecule has 1 unspecified atom stereocenters. The fraction of sp³-hybridized carbons (Fsp3) is 0.517. The van der Waals surface area contributed by atoms with Crippen LogP contribution >= 0.6 is 0 Å². The van der Waals surface area contributed by atoms with Gasteiger partial charge in [0.15, 0.2) is 0 Å². The lowest BCUT2D eigenvalue weighted by Crippen LogP contribution is -2.56. The minimum Gasteiger partial charge on any atom is -0.472 e. The summed E-state index contributed by atoms with van der Waals surface area (Å²) < 4.78 is 38.9. The lowest BCUT2D eigenvalue weighted by molar-refractivity contribution is -0.131. The Kier molecular flexibility index (Phi) is 7.25. The van der Waals surface area contributed by atoms with E-state index in [9.17, 15) is 22.8 Å². The summed E-state index contributed by atoms with van der Waals surface area (Å²) in [6, 6.07) is 6.77. The zero-order chi connectivity index (χ0) is 29.7. The molecule has 3 aliphatic rings. The van der Waals surface area contributed by atoms with E-state index in [1.165, 1.54) is 11.0 Å². The molecule has 2 heterocycles. The highest BCUT2D eigenvalue weighted by atomic mass is 32.2. The molecule has 1 saturated heterocycles. The van der Waals surface area contributed by atoms with Gasteiger partial charge in [-0.2, -0.15) is 0 Å². The molecule has 12 heteroatoms. The number of carbonyl (C=O) groups excluding carboxylic acids is 3. The molecule has 2 aliphatic carbocycles. The van der Waals surface area contributed by atoms with E-state index in [1.54, 1.807) is 27.0 Å². The number of nitrogens with one attached hydrogen (secondary N) is 2. The average Bonchev–Trinajstić information content (AvgIpc) is 3.80. The molecule has 2 saturated carbocycles. The molecule has 0 radical (unpaired) electrons. The molecule has 2 N–H and O–H groups in total. The molecule has 2 aromatic rings. The van der Waals surface area contributed by atoms with Crippen LogP contribution in [0.1, 0.15) is 52.0 Å². The predicted molar refractivity (Wildman–Crippen MR) is 152 cm³/mol. The van der Waals surface area contributed by atoms with Crippen LogP contribution in [0.4, 0.5) is 4.79 Å². The number of pyridine rings is 1. The van der Waals surface area contributed by atoms with Gasteiger partial charge in [0.25, 0.3) is 5.91 Å². The topological polar surface area (TPSA) is 144 Å². The molecule has 3 fully saturated rings. The summed E-state index contributed by atoms with van der Waals surface area (Å²) >= 11 is 0. The van der Waals surface area contributed by atoms with Crippen molar-refractivity contribution in [1.29, 1.82) is 0 Å². The van der Waals surface area contributed by atoms with Crippen LogP contribution in [0, 0.1) is 12.8 Å². The van der Waals surface area contributed by atoms with Gasteiger partial charge in [-0.25, -0.2) is 18.2 Å². The monoisotopic (exact) mass is 584 g/mol. The molecule has 3 amide bonds. The molecular weight excluding hydrogens is 548 g/mol. The van der Waals surface area contributed by atoms with Gasteiger partial charge in [-0.15, -0.1) is 6.58 Å². The van der Waals surface area contributed by atoms with Gasteiger partial charge in [0.1, 0.15) is 23.3 Å². The Labute approximate surface area is 239 Å². The maximum Gasteiger partial charge on any atom is 0.411 e. The minimum atomic E-state index is -3.82. The van der Waals surface area contributed by atoms with Gasteiger partial charge in [0, 0.05) is 23.9 Å². The maximum absolute atomic E-state index is 13.7. The Bertz CT molecular complexity index is 1510. The summed E-state index contributed by atoms with van der Waals surface area (Å²) in [7, 11) is -3.82. The Morgan fingerprint density at radius 2 is 1.93 bits per heavy atom. The first-order valence-corrected chi connectivity index (χ1v) is 15.3. The quantitative estimate of drug-likeness (QED) is 0.451. The smallest absolute Gasteiger partial charge is 0.411 e. The Hall–Kier alpha value is -3.67. The summed E-state index contributed by atoms with van der Waals surface area (Å²) in [5.41, 5.74) is -1.24. The maximum atomic E-state index is 13.7. The van der Waals surface area contributed by atoms with Crippen LogP contribution in [-0.4, -0.2) is 71.3 Å². The number of benzene rings is 1. The molecule has 220 valence electrons. The second-order valence-electron chi connectivity index (χ2n) is 12.1. The van der Waals surface area contributed by atoms with E-state index in [0.29, 0.717) is 18.7 Å². The Balaban J connectivity index is 1.38. The fourth-order valence-corrected chi connectivity index (χ4v) is 6.54. The predicted octanol–water partition coefficient (Wildman–Crippen LogP) is 2.97. The van der Waals surface area contributed by atoms with Crippen molar-refractivity contribution in [2.75, 3.05) is 6.54 Å². The first-order chi connectivity index (χ1) is 19.2. The van der Waals surface area contributed by atoms with Crippen LogP contribution in [0.2, 0.25) is 0 Å². The summed E-state index contributed by atoms with van der Waals surface area (Å²) in [5, 5.41) is 3.91. The van der Waals surface area contributed by atoms with Crippen molar-refractivity contribution in [1.82, 2.24) is 19.9 Å².